The highest BCUT2D eigenvalue weighted by atomic mass is 16.5. The molecule has 0 bridgehead atoms. The Bertz CT molecular complexity index is 672. The van der Waals surface area contributed by atoms with Crippen molar-refractivity contribution in [2.45, 2.75) is 39.5 Å². The molecule has 0 amide bonds. The second-order valence-electron chi connectivity index (χ2n) is 6.23. The average Bonchev–Trinajstić information content (AvgIpc) is 2.94. The van der Waals surface area contributed by atoms with Crippen LogP contribution in [0, 0.1) is 6.92 Å². The van der Waals surface area contributed by atoms with E-state index in [4.69, 9.17) is 4.74 Å². The van der Waals surface area contributed by atoms with Crippen LogP contribution in [0.15, 0.2) is 30.5 Å². The van der Waals surface area contributed by atoms with Gasteiger partial charge < -0.3 is 9.84 Å². The minimum absolute atomic E-state index is 0.0361. The van der Waals surface area contributed by atoms with Gasteiger partial charge in [-0.2, -0.15) is 5.10 Å². The van der Waals surface area contributed by atoms with Crippen molar-refractivity contribution in [3.8, 4) is 5.69 Å². The van der Waals surface area contributed by atoms with Gasteiger partial charge in [-0.25, -0.2) is 9.48 Å². The summed E-state index contributed by atoms with van der Waals surface area (Å²) in [5.41, 5.74) is 2.83. The van der Waals surface area contributed by atoms with Crippen molar-refractivity contribution < 1.29 is 14.6 Å². The van der Waals surface area contributed by atoms with E-state index in [1.165, 1.54) is 0 Å². The maximum atomic E-state index is 12.3. The van der Waals surface area contributed by atoms with E-state index in [1.54, 1.807) is 17.8 Å². The second-order valence-corrected chi connectivity index (χ2v) is 6.23. The van der Waals surface area contributed by atoms with E-state index < -0.39 is 5.41 Å². The predicted octanol–water partition coefficient (Wildman–Crippen LogP) is 3.02. The second kappa shape index (κ2) is 6.96. The molecule has 2 aromatic rings. The number of aromatic nitrogens is 2. The van der Waals surface area contributed by atoms with Crippen LogP contribution >= 0.6 is 0 Å². The first-order chi connectivity index (χ1) is 10.9. The number of nitrogens with zero attached hydrogens (tertiary/aromatic N) is 2. The summed E-state index contributed by atoms with van der Waals surface area (Å²) in [5, 5.41) is 13.8. The molecular weight excluding hydrogens is 292 g/mol. The minimum atomic E-state index is -0.418. The number of hydrogen-bond acceptors (Lipinski definition) is 4. The smallest absolute Gasteiger partial charge is 0.341 e. The van der Waals surface area contributed by atoms with Gasteiger partial charge in [-0.3, -0.25) is 0 Å². The lowest BCUT2D eigenvalue weighted by Crippen LogP contribution is -2.26. The molecule has 0 aliphatic carbocycles. The number of benzene rings is 1. The highest BCUT2D eigenvalue weighted by Gasteiger charge is 2.32. The summed E-state index contributed by atoms with van der Waals surface area (Å²) in [6, 6.07) is 7.94. The summed E-state index contributed by atoms with van der Waals surface area (Å²) >= 11 is 0. The van der Waals surface area contributed by atoms with Crippen molar-refractivity contribution in [2.75, 3.05) is 13.2 Å². The van der Waals surface area contributed by atoms with Crippen LogP contribution in [0.5, 0.6) is 0 Å². The van der Waals surface area contributed by atoms with Crippen molar-refractivity contribution >= 4 is 5.97 Å². The van der Waals surface area contributed by atoms with Crippen molar-refractivity contribution in [3.05, 3.63) is 47.3 Å². The van der Waals surface area contributed by atoms with Gasteiger partial charge in [0.25, 0.3) is 0 Å². The van der Waals surface area contributed by atoms with Crippen LogP contribution in [0.2, 0.25) is 0 Å². The lowest BCUT2D eigenvalue weighted by molar-refractivity contribution is 0.0522. The summed E-state index contributed by atoms with van der Waals surface area (Å²) in [6.45, 7) is 8.14. The maximum Gasteiger partial charge on any atom is 0.341 e. The van der Waals surface area contributed by atoms with Crippen LogP contribution in [-0.2, 0) is 10.2 Å². The van der Waals surface area contributed by atoms with E-state index in [0.717, 1.165) is 16.9 Å². The molecular formula is C18H24N2O3. The van der Waals surface area contributed by atoms with Gasteiger partial charge in [0.1, 0.15) is 5.56 Å². The predicted molar refractivity (Wildman–Crippen MR) is 89.0 cm³/mol. The molecule has 5 heteroatoms. The van der Waals surface area contributed by atoms with Gasteiger partial charge in [0.05, 0.1) is 24.2 Å². The summed E-state index contributed by atoms with van der Waals surface area (Å²) in [7, 11) is 0. The Morgan fingerprint density at radius 1 is 1.30 bits per heavy atom. The number of hydrogen-bond donors (Lipinski definition) is 1. The standard InChI is InChI=1S/C18H24N2O3/c1-5-23-17(22)15-12-19-20(14-8-6-13(2)7-9-14)16(15)18(3,4)10-11-21/h6-9,12,21H,5,10-11H2,1-4H3. The highest BCUT2D eigenvalue weighted by molar-refractivity contribution is 5.91. The quantitative estimate of drug-likeness (QED) is 0.832. The van der Waals surface area contributed by atoms with Crippen LogP contribution in [0.1, 0.15) is 48.8 Å². The lowest BCUT2D eigenvalue weighted by Gasteiger charge is -2.26. The fourth-order valence-corrected chi connectivity index (χ4v) is 2.64. The summed E-state index contributed by atoms with van der Waals surface area (Å²) in [5.74, 6) is -0.383. The van der Waals surface area contributed by atoms with Crippen molar-refractivity contribution in [1.29, 1.82) is 0 Å². The van der Waals surface area contributed by atoms with E-state index in [2.05, 4.69) is 5.10 Å². The molecule has 0 atom stereocenters. The van der Waals surface area contributed by atoms with Gasteiger partial charge in [-0.15, -0.1) is 0 Å². The molecule has 0 aliphatic rings. The number of aliphatic hydroxyl groups is 1. The van der Waals surface area contributed by atoms with Crippen LogP contribution in [-0.4, -0.2) is 34.1 Å². The molecule has 5 nitrogen and oxygen atoms in total. The van der Waals surface area contributed by atoms with Crippen LogP contribution < -0.4 is 0 Å². The highest BCUT2D eigenvalue weighted by Crippen LogP contribution is 2.32. The normalized spacial score (nSPS) is 11.5. The molecule has 1 aromatic carbocycles. The molecule has 0 saturated carbocycles. The molecule has 0 saturated heterocycles. The van der Waals surface area contributed by atoms with Crippen LogP contribution in [0.3, 0.4) is 0 Å². The van der Waals surface area contributed by atoms with Gasteiger partial charge in [0, 0.05) is 12.0 Å². The third-order valence-corrected chi connectivity index (χ3v) is 3.92. The summed E-state index contributed by atoms with van der Waals surface area (Å²) < 4.78 is 6.92. The number of carbonyl (C=O) groups excluding carboxylic acids is 1. The first-order valence-electron chi connectivity index (χ1n) is 7.84. The zero-order valence-corrected chi connectivity index (χ0v) is 14.2. The van der Waals surface area contributed by atoms with Crippen LogP contribution in [0.25, 0.3) is 5.69 Å². The zero-order valence-electron chi connectivity index (χ0n) is 14.2. The molecule has 2 rings (SSSR count). The molecule has 1 heterocycles. The molecule has 124 valence electrons. The number of carbonyl (C=O) groups is 1. The molecule has 1 N–H and O–H groups in total. The van der Waals surface area contributed by atoms with Crippen molar-refractivity contribution in [3.63, 3.8) is 0 Å². The van der Waals surface area contributed by atoms with Gasteiger partial charge in [0.15, 0.2) is 0 Å². The summed E-state index contributed by atoms with van der Waals surface area (Å²) in [6.07, 6.45) is 2.07. The Labute approximate surface area is 136 Å². The van der Waals surface area contributed by atoms with E-state index >= 15 is 0 Å². The fourth-order valence-electron chi connectivity index (χ4n) is 2.64. The third-order valence-electron chi connectivity index (χ3n) is 3.92. The molecule has 1 aromatic heterocycles. The maximum absolute atomic E-state index is 12.3. The third kappa shape index (κ3) is 3.62. The number of aryl methyl sites for hydroxylation is 1. The fraction of sp³-hybridized carbons (Fsp3) is 0.444. The van der Waals surface area contributed by atoms with E-state index in [1.807, 2.05) is 45.0 Å². The SMILES string of the molecule is CCOC(=O)c1cnn(-c2ccc(C)cc2)c1C(C)(C)CCO. The average molecular weight is 316 g/mol. The topological polar surface area (TPSA) is 64.3 Å². The monoisotopic (exact) mass is 316 g/mol. The molecule has 0 radical (unpaired) electrons. The number of aliphatic hydroxyl groups excluding tert-OH is 1. The number of esters is 1. The van der Waals surface area contributed by atoms with E-state index in [9.17, 15) is 9.90 Å². The van der Waals surface area contributed by atoms with Gasteiger partial charge in [-0.05, 0) is 32.4 Å². The molecule has 0 fully saturated rings. The van der Waals surface area contributed by atoms with Gasteiger partial charge in [-0.1, -0.05) is 31.5 Å². The van der Waals surface area contributed by atoms with Crippen molar-refractivity contribution in [2.24, 2.45) is 0 Å². The zero-order chi connectivity index (χ0) is 17.0. The first kappa shape index (κ1) is 17.2. The van der Waals surface area contributed by atoms with Crippen molar-refractivity contribution in [1.82, 2.24) is 9.78 Å². The summed E-state index contributed by atoms with van der Waals surface area (Å²) in [4.78, 5) is 12.3. The minimum Gasteiger partial charge on any atom is -0.462 e. The Hall–Kier alpha value is -2.14. The Morgan fingerprint density at radius 2 is 1.96 bits per heavy atom. The van der Waals surface area contributed by atoms with E-state index in [-0.39, 0.29) is 12.6 Å². The molecule has 0 spiro atoms. The Kier molecular flexibility index (Phi) is 5.21. The van der Waals surface area contributed by atoms with Crippen LogP contribution in [0.4, 0.5) is 0 Å². The first-order valence-corrected chi connectivity index (χ1v) is 7.84. The molecule has 0 unspecified atom stereocenters. The van der Waals surface area contributed by atoms with E-state index in [0.29, 0.717) is 18.6 Å². The Balaban J connectivity index is 2.59. The van der Waals surface area contributed by atoms with Gasteiger partial charge in [0.2, 0.25) is 0 Å². The lowest BCUT2D eigenvalue weighted by atomic mass is 9.83. The number of ether oxygens (including phenoxy) is 1. The molecule has 0 aliphatic heterocycles. The van der Waals surface area contributed by atoms with Gasteiger partial charge >= 0.3 is 5.97 Å². The Morgan fingerprint density at radius 3 is 2.52 bits per heavy atom. The number of rotatable bonds is 6. The molecule has 23 heavy (non-hydrogen) atoms. The largest absolute Gasteiger partial charge is 0.462 e.